The number of phenols is 1. The lowest BCUT2D eigenvalue weighted by atomic mass is 9.59. The highest BCUT2D eigenvalue weighted by atomic mass is 16.3. The average Bonchev–Trinajstić information content (AvgIpc) is 3.36. The zero-order valence-electron chi connectivity index (χ0n) is 25.5. The van der Waals surface area contributed by atoms with Gasteiger partial charge in [0.05, 0.1) is 17.5 Å². The number of nitrogens with zero attached hydrogens (tertiary/aromatic N) is 1. The molecule has 7 heteroatoms. The molecule has 47 heavy (non-hydrogen) atoms. The number of aromatic hydroxyl groups is 1. The molecule has 3 aliphatic carbocycles. The predicted molar refractivity (Wildman–Crippen MR) is 176 cm³/mol. The molecule has 7 nitrogen and oxygen atoms in total. The molecule has 1 heterocycles. The SMILES string of the molecule is CC1=CC(=O)C2=C(C1=O)[C@@H](c1ccc3ccccc3c1O)C1=CC[C@@H]3C(=O)N(c4ccc(C(=O)c5ccccc5)cc4)C(=O)[C@@H]3[C@@H]1C2. The van der Waals surface area contributed by atoms with Gasteiger partial charge in [-0.3, -0.25) is 28.9 Å². The van der Waals surface area contributed by atoms with Crippen LogP contribution in [0.2, 0.25) is 0 Å². The van der Waals surface area contributed by atoms with Crippen molar-refractivity contribution in [2.75, 3.05) is 4.90 Å². The Morgan fingerprint density at radius 3 is 2.26 bits per heavy atom. The summed E-state index contributed by atoms with van der Waals surface area (Å²) in [5.41, 5.74) is 3.64. The second-order valence-corrected chi connectivity index (χ2v) is 12.7. The predicted octanol–water partition coefficient (Wildman–Crippen LogP) is 6.41. The Morgan fingerprint density at radius 1 is 0.787 bits per heavy atom. The second-order valence-electron chi connectivity index (χ2n) is 12.7. The van der Waals surface area contributed by atoms with Crippen LogP contribution >= 0.6 is 0 Å². The van der Waals surface area contributed by atoms with Crippen molar-refractivity contribution in [2.45, 2.75) is 25.7 Å². The molecule has 1 fully saturated rings. The first-order chi connectivity index (χ1) is 22.7. The van der Waals surface area contributed by atoms with E-state index in [9.17, 15) is 29.1 Å². The molecule has 4 aliphatic rings. The van der Waals surface area contributed by atoms with E-state index >= 15 is 0 Å². The molecule has 0 radical (unpaired) electrons. The molecule has 4 aromatic rings. The molecule has 0 unspecified atom stereocenters. The number of ketones is 3. The molecule has 1 aliphatic heterocycles. The zero-order chi connectivity index (χ0) is 32.6. The minimum Gasteiger partial charge on any atom is -0.507 e. The minimum absolute atomic E-state index is 0.0247. The van der Waals surface area contributed by atoms with Crippen LogP contribution in [0.3, 0.4) is 0 Å². The van der Waals surface area contributed by atoms with Crippen molar-refractivity contribution in [1.82, 2.24) is 0 Å². The molecule has 4 aromatic carbocycles. The Kier molecular flexibility index (Phi) is 6.55. The van der Waals surface area contributed by atoms with Crippen LogP contribution < -0.4 is 4.90 Å². The first-order valence-electron chi connectivity index (χ1n) is 15.7. The number of amides is 2. The summed E-state index contributed by atoms with van der Waals surface area (Å²) in [4.78, 5) is 69.6. The van der Waals surface area contributed by atoms with Gasteiger partial charge >= 0.3 is 0 Å². The van der Waals surface area contributed by atoms with Crippen LogP contribution in [0.1, 0.15) is 47.2 Å². The fraction of sp³-hybridized carbons (Fsp3) is 0.175. The molecule has 0 spiro atoms. The van der Waals surface area contributed by atoms with Crippen LogP contribution in [-0.4, -0.2) is 34.3 Å². The standard InChI is InChI=1S/C40H29NO6/c1-21-19-32(42)31-20-30-27(33(35(31)36(21)43)28-16-13-22-7-5-6-10-26(22)38(28)45)17-18-29-34(30)40(47)41(39(29)46)25-14-11-24(12-15-25)37(44)23-8-3-2-4-9-23/h2-17,19,29-30,33-34,45H,18,20H2,1H3/t29-,30+,33+,34-/m0/s1. The molecule has 8 rings (SSSR count). The number of Topliss-reactive ketones (excluding diaryl/α,β-unsaturated/α-hetero) is 1. The van der Waals surface area contributed by atoms with Gasteiger partial charge in [0.1, 0.15) is 5.75 Å². The Bertz CT molecular complexity index is 2170. The van der Waals surface area contributed by atoms with Crippen LogP contribution in [0, 0.1) is 17.8 Å². The van der Waals surface area contributed by atoms with Crippen molar-refractivity contribution < 1.29 is 29.1 Å². The molecular weight excluding hydrogens is 590 g/mol. The number of imide groups is 1. The summed E-state index contributed by atoms with van der Waals surface area (Å²) < 4.78 is 0. The number of phenolic OH excluding ortho intramolecular Hbond substituents is 1. The number of carbonyl (C=O) groups is 5. The highest BCUT2D eigenvalue weighted by molar-refractivity contribution is 6.25. The average molecular weight is 620 g/mol. The van der Waals surface area contributed by atoms with Gasteiger partial charge in [0.15, 0.2) is 17.3 Å². The molecule has 1 N–H and O–H groups in total. The Hall–Kier alpha value is -5.69. The maximum atomic E-state index is 14.3. The van der Waals surface area contributed by atoms with Crippen molar-refractivity contribution in [2.24, 2.45) is 17.8 Å². The number of fused-ring (bicyclic) bond motifs is 4. The van der Waals surface area contributed by atoms with Gasteiger partial charge in [0.2, 0.25) is 11.8 Å². The number of carbonyl (C=O) groups excluding carboxylic acids is 5. The lowest BCUT2D eigenvalue weighted by Gasteiger charge is -2.42. The van der Waals surface area contributed by atoms with Gasteiger partial charge in [0.25, 0.3) is 0 Å². The highest BCUT2D eigenvalue weighted by Gasteiger charge is 2.56. The van der Waals surface area contributed by atoms with E-state index in [4.69, 9.17) is 0 Å². The van der Waals surface area contributed by atoms with Gasteiger partial charge in [-0.25, -0.2) is 0 Å². The molecular formula is C40H29NO6. The first-order valence-corrected chi connectivity index (χ1v) is 15.7. The van der Waals surface area contributed by atoms with Crippen molar-refractivity contribution >= 4 is 45.6 Å². The Balaban J connectivity index is 1.19. The largest absolute Gasteiger partial charge is 0.507 e. The fourth-order valence-corrected chi connectivity index (χ4v) is 7.99. The fourth-order valence-electron chi connectivity index (χ4n) is 7.99. The van der Waals surface area contributed by atoms with Gasteiger partial charge in [-0.05, 0) is 61.4 Å². The molecule has 0 saturated carbocycles. The number of anilines is 1. The molecule has 4 atom stereocenters. The normalized spacial score (nSPS) is 23.7. The van der Waals surface area contributed by atoms with Gasteiger partial charge in [-0.1, -0.05) is 78.4 Å². The van der Waals surface area contributed by atoms with E-state index in [0.717, 1.165) is 11.0 Å². The molecule has 0 bridgehead atoms. The van der Waals surface area contributed by atoms with Crippen LogP contribution in [0.15, 0.2) is 125 Å². The van der Waals surface area contributed by atoms with Gasteiger partial charge in [-0.15, -0.1) is 0 Å². The summed E-state index contributed by atoms with van der Waals surface area (Å²) in [5, 5.41) is 13.0. The molecule has 1 saturated heterocycles. The number of hydrogen-bond donors (Lipinski definition) is 1. The van der Waals surface area contributed by atoms with Gasteiger partial charge in [0, 0.05) is 44.7 Å². The maximum Gasteiger partial charge on any atom is 0.238 e. The third-order valence-electron chi connectivity index (χ3n) is 10.2. The third kappa shape index (κ3) is 4.30. The van der Waals surface area contributed by atoms with Crippen LogP contribution in [0.5, 0.6) is 5.75 Å². The molecule has 0 aromatic heterocycles. The van der Waals surface area contributed by atoms with E-state index in [1.54, 1.807) is 61.5 Å². The monoisotopic (exact) mass is 619 g/mol. The smallest absolute Gasteiger partial charge is 0.238 e. The van der Waals surface area contributed by atoms with E-state index < -0.39 is 23.7 Å². The molecule has 2 amide bonds. The Labute approximate surface area is 270 Å². The van der Waals surface area contributed by atoms with Crippen LogP contribution in [0.4, 0.5) is 5.69 Å². The van der Waals surface area contributed by atoms with Crippen LogP contribution in [0.25, 0.3) is 10.8 Å². The summed E-state index contributed by atoms with van der Waals surface area (Å²) in [7, 11) is 0. The molecule has 230 valence electrons. The lowest BCUT2D eigenvalue weighted by molar-refractivity contribution is -0.123. The summed E-state index contributed by atoms with van der Waals surface area (Å²) in [5.74, 6) is -4.02. The minimum atomic E-state index is -0.748. The number of allylic oxidation sites excluding steroid dienone is 6. The van der Waals surface area contributed by atoms with Crippen molar-refractivity contribution in [1.29, 1.82) is 0 Å². The van der Waals surface area contributed by atoms with Gasteiger partial charge < -0.3 is 5.11 Å². The van der Waals surface area contributed by atoms with E-state index in [2.05, 4.69) is 0 Å². The third-order valence-corrected chi connectivity index (χ3v) is 10.2. The van der Waals surface area contributed by atoms with Crippen LogP contribution in [-0.2, 0) is 19.2 Å². The van der Waals surface area contributed by atoms with Gasteiger partial charge in [-0.2, -0.15) is 0 Å². The number of benzene rings is 4. The van der Waals surface area contributed by atoms with E-state index in [1.807, 2.05) is 42.5 Å². The van der Waals surface area contributed by atoms with E-state index in [0.29, 0.717) is 44.5 Å². The highest BCUT2D eigenvalue weighted by Crippen LogP contribution is 2.56. The second kappa shape index (κ2) is 10.7. The summed E-state index contributed by atoms with van der Waals surface area (Å²) >= 11 is 0. The van der Waals surface area contributed by atoms with E-state index in [-0.39, 0.29) is 47.8 Å². The quantitative estimate of drug-likeness (QED) is 0.122. The van der Waals surface area contributed by atoms with E-state index in [1.165, 1.54) is 11.0 Å². The first kappa shape index (κ1) is 28.8. The topological polar surface area (TPSA) is 109 Å². The summed E-state index contributed by atoms with van der Waals surface area (Å²) in [6, 6.07) is 26.4. The zero-order valence-corrected chi connectivity index (χ0v) is 25.5. The Morgan fingerprint density at radius 2 is 1.49 bits per heavy atom. The number of hydrogen-bond acceptors (Lipinski definition) is 6. The lowest BCUT2D eigenvalue weighted by Crippen LogP contribution is -2.39. The summed E-state index contributed by atoms with van der Waals surface area (Å²) in [6.07, 6.45) is 3.72. The summed E-state index contributed by atoms with van der Waals surface area (Å²) in [6.45, 7) is 1.62. The van der Waals surface area contributed by atoms with Crippen molar-refractivity contribution in [3.05, 3.63) is 142 Å². The number of rotatable bonds is 4. The van der Waals surface area contributed by atoms with Crippen molar-refractivity contribution in [3.63, 3.8) is 0 Å². The van der Waals surface area contributed by atoms with Crippen molar-refractivity contribution in [3.8, 4) is 5.75 Å². The maximum absolute atomic E-state index is 14.3.